The van der Waals surface area contributed by atoms with Gasteiger partial charge in [0, 0.05) is 0 Å². The molecule has 0 radical (unpaired) electrons. The molecule has 0 N–H and O–H groups in total. The fraction of sp³-hybridized carbons (Fsp3) is 0.286. The van der Waals surface area contributed by atoms with Crippen LogP contribution in [0.15, 0.2) is 36.4 Å². The van der Waals surface area contributed by atoms with Crippen molar-refractivity contribution in [2.45, 2.75) is 13.3 Å². The van der Waals surface area contributed by atoms with Gasteiger partial charge in [0.05, 0.1) is 39.6 Å². The summed E-state index contributed by atoms with van der Waals surface area (Å²) < 4.78 is 21.6. The molecule has 26 heavy (non-hydrogen) atoms. The molecule has 5 heteroatoms. The van der Waals surface area contributed by atoms with Crippen molar-refractivity contribution in [3.63, 3.8) is 0 Å². The van der Waals surface area contributed by atoms with Crippen LogP contribution in [0.2, 0.25) is 0 Å². The smallest absolute Gasteiger partial charge is 0.161 e. The highest BCUT2D eigenvalue weighted by Gasteiger charge is 2.10. The first-order chi connectivity index (χ1) is 12.7. The van der Waals surface area contributed by atoms with Gasteiger partial charge in [-0.3, -0.25) is 0 Å². The SMILES string of the molecule is CCCOc1ccc(/C=C(\C#N)c2ccc(OC)c(OC)c2)cc1OC. The molecule has 0 aromatic heterocycles. The topological polar surface area (TPSA) is 60.7 Å². The summed E-state index contributed by atoms with van der Waals surface area (Å²) in [5, 5.41) is 9.58. The minimum Gasteiger partial charge on any atom is -0.493 e. The molecule has 2 aromatic rings. The Morgan fingerprint density at radius 1 is 0.923 bits per heavy atom. The summed E-state index contributed by atoms with van der Waals surface area (Å²) in [5.41, 5.74) is 2.10. The van der Waals surface area contributed by atoms with Crippen LogP contribution in [0.5, 0.6) is 23.0 Å². The highest BCUT2D eigenvalue weighted by molar-refractivity contribution is 5.90. The molecule has 0 saturated heterocycles. The van der Waals surface area contributed by atoms with Gasteiger partial charge in [-0.05, 0) is 54.0 Å². The van der Waals surface area contributed by atoms with E-state index in [2.05, 4.69) is 6.07 Å². The van der Waals surface area contributed by atoms with E-state index in [0.29, 0.717) is 35.2 Å². The maximum absolute atomic E-state index is 9.58. The van der Waals surface area contributed by atoms with Gasteiger partial charge in [0.1, 0.15) is 0 Å². The molecule has 0 aliphatic carbocycles. The number of ether oxygens (including phenoxy) is 4. The van der Waals surface area contributed by atoms with E-state index in [1.807, 2.05) is 31.2 Å². The maximum atomic E-state index is 9.58. The van der Waals surface area contributed by atoms with Crippen molar-refractivity contribution in [3.8, 4) is 29.1 Å². The number of hydrogen-bond acceptors (Lipinski definition) is 5. The number of rotatable bonds is 8. The average Bonchev–Trinajstić information content (AvgIpc) is 2.70. The van der Waals surface area contributed by atoms with E-state index in [9.17, 15) is 5.26 Å². The summed E-state index contributed by atoms with van der Waals surface area (Å²) >= 11 is 0. The van der Waals surface area contributed by atoms with Gasteiger partial charge in [-0.25, -0.2) is 0 Å². The highest BCUT2D eigenvalue weighted by Crippen LogP contribution is 2.32. The molecule has 136 valence electrons. The zero-order chi connectivity index (χ0) is 18.9. The fourth-order valence-electron chi connectivity index (χ4n) is 2.46. The Kier molecular flexibility index (Phi) is 6.92. The van der Waals surface area contributed by atoms with Gasteiger partial charge in [0.25, 0.3) is 0 Å². The van der Waals surface area contributed by atoms with E-state index in [1.54, 1.807) is 39.5 Å². The van der Waals surface area contributed by atoms with Crippen molar-refractivity contribution in [2.24, 2.45) is 0 Å². The molecule has 0 spiro atoms. The third-order valence-electron chi connectivity index (χ3n) is 3.78. The Morgan fingerprint density at radius 2 is 1.58 bits per heavy atom. The lowest BCUT2D eigenvalue weighted by Gasteiger charge is -2.11. The van der Waals surface area contributed by atoms with E-state index >= 15 is 0 Å². The number of methoxy groups -OCH3 is 3. The number of nitriles is 1. The number of nitrogens with zero attached hydrogens (tertiary/aromatic N) is 1. The average molecular weight is 353 g/mol. The molecule has 0 unspecified atom stereocenters. The molecule has 0 bridgehead atoms. The Labute approximate surface area is 154 Å². The van der Waals surface area contributed by atoms with Crippen LogP contribution in [0, 0.1) is 11.3 Å². The van der Waals surface area contributed by atoms with Crippen LogP contribution < -0.4 is 18.9 Å². The van der Waals surface area contributed by atoms with E-state index in [0.717, 1.165) is 17.5 Å². The minimum atomic E-state index is 0.509. The Morgan fingerprint density at radius 3 is 2.19 bits per heavy atom. The van der Waals surface area contributed by atoms with Gasteiger partial charge >= 0.3 is 0 Å². The first-order valence-corrected chi connectivity index (χ1v) is 8.31. The lowest BCUT2D eigenvalue weighted by Crippen LogP contribution is -1.98. The summed E-state index contributed by atoms with van der Waals surface area (Å²) in [6.45, 7) is 2.67. The number of hydrogen-bond donors (Lipinski definition) is 0. The molecule has 0 saturated carbocycles. The maximum Gasteiger partial charge on any atom is 0.161 e. The van der Waals surface area contributed by atoms with Gasteiger partial charge in [-0.15, -0.1) is 0 Å². The van der Waals surface area contributed by atoms with Crippen LogP contribution in [-0.2, 0) is 0 Å². The monoisotopic (exact) mass is 353 g/mol. The van der Waals surface area contributed by atoms with Crippen LogP contribution in [0.25, 0.3) is 11.6 Å². The summed E-state index contributed by atoms with van der Waals surface area (Å²) in [5.74, 6) is 2.52. The van der Waals surface area contributed by atoms with Crippen LogP contribution in [0.1, 0.15) is 24.5 Å². The molecule has 0 aliphatic rings. The number of allylic oxidation sites excluding steroid dienone is 1. The van der Waals surface area contributed by atoms with Crippen molar-refractivity contribution in [1.82, 2.24) is 0 Å². The molecule has 2 aromatic carbocycles. The summed E-state index contributed by atoms with van der Waals surface area (Å²) in [4.78, 5) is 0. The third-order valence-corrected chi connectivity index (χ3v) is 3.78. The van der Waals surface area contributed by atoms with E-state index in [1.165, 1.54) is 0 Å². The quantitative estimate of drug-likeness (QED) is 0.514. The van der Waals surface area contributed by atoms with Gasteiger partial charge in [0.15, 0.2) is 23.0 Å². The van der Waals surface area contributed by atoms with Crippen LogP contribution in [-0.4, -0.2) is 27.9 Å². The lowest BCUT2D eigenvalue weighted by molar-refractivity contribution is 0.294. The molecule has 0 amide bonds. The van der Waals surface area contributed by atoms with Crippen molar-refractivity contribution in [1.29, 1.82) is 5.26 Å². The molecule has 0 fully saturated rings. The molecule has 0 atom stereocenters. The first-order valence-electron chi connectivity index (χ1n) is 8.31. The van der Waals surface area contributed by atoms with E-state index in [4.69, 9.17) is 18.9 Å². The fourth-order valence-corrected chi connectivity index (χ4v) is 2.46. The Hall–Kier alpha value is -3.13. The van der Waals surface area contributed by atoms with Crippen molar-refractivity contribution < 1.29 is 18.9 Å². The molecule has 0 aliphatic heterocycles. The van der Waals surface area contributed by atoms with Crippen LogP contribution >= 0.6 is 0 Å². The zero-order valence-electron chi connectivity index (χ0n) is 15.5. The van der Waals surface area contributed by atoms with Gasteiger partial charge in [-0.1, -0.05) is 13.0 Å². The second-order valence-corrected chi connectivity index (χ2v) is 5.50. The summed E-state index contributed by atoms with van der Waals surface area (Å²) in [6, 6.07) is 13.2. The summed E-state index contributed by atoms with van der Waals surface area (Å²) in [6.07, 6.45) is 2.72. The standard InChI is InChI=1S/C21H23NO4/c1-5-10-26-19-8-6-15(12-20(19)24-3)11-17(14-22)16-7-9-18(23-2)21(13-16)25-4/h6-9,11-13H,5,10H2,1-4H3/b17-11+. The zero-order valence-corrected chi connectivity index (χ0v) is 15.5. The largest absolute Gasteiger partial charge is 0.493 e. The molecular formula is C21H23NO4. The van der Waals surface area contributed by atoms with Crippen molar-refractivity contribution in [2.75, 3.05) is 27.9 Å². The first kappa shape index (κ1) is 19.2. The highest BCUT2D eigenvalue weighted by atomic mass is 16.5. The van der Waals surface area contributed by atoms with Gasteiger partial charge in [-0.2, -0.15) is 5.26 Å². The minimum absolute atomic E-state index is 0.509. The normalized spacial score (nSPS) is 10.8. The third kappa shape index (κ3) is 4.48. The predicted octanol–water partition coefficient (Wildman–Crippen LogP) is 4.57. The number of benzene rings is 2. The van der Waals surface area contributed by atoms with Crippen molar-refractivity contribution >= 4 is 11.6 Å². The van der Waals surface area contributed by atoms with Gasteiger partial charge in [0.2, 0.25) is 0 Å². The second-order valence-electron chi connectivity index (χ2n) is 5.50. The van der Waals surface area contributed by atoms with Crippen LogP contribution in [0.4, 0.5) is 0 Å². The van der Waals surface area contributed by atoms with Gasteiger partial charge < -0.3 is 18.9 Å². The second kappa shape index (κ2) is 9.38. The molecule has 0 heterocycles. The molecule has 2 rings (SSSR count). The predicted molar refractivity (Wildman–Crippen MR) is 102 cm³/mol. The Bertz CT molecular complexity index is 821. The Balaban J connectivity index is 2.38. The van der Waals surface area contributed by atoms with E-state index in [-0.39, 0.29) is 0 Å². The van der Waals surface area contributed by atoms with E-state index < -0.39 is 0 Å². The van der Waals surface area contributed by atoms with Crippen LogP contribution in [0.3, 0.4) is 0 Å². The summed E-state index contributed by atoms with van der Waals surface area (Å²) in [7, 11) is 4.74. The van der Waals surface area contributed by atoms with Crippen molar-refractivity contribution in [3.05, 3.63) is 47.5 Å². The molecule has 5 nitrogen and oxygen atoms in total. The molecular weight excluding hydrogens is 330 g/mol. The lowest BCUT2D eigenvalue weighted by atomic mass is 10.0.